The molecule has 0 fully saturated rings. The summed E-state index contributed by atoms with van der Waals surface area (Å²) in [5, 5.41) is 9.44. The van der Waals surface area contributed by atoms with Gasteiger partial charge in [0, 0.05) is 30.8 Å². The molecule has 0 saturated carbocycles. The smallest absolute Gasteiger partial charge is 0.422 e. The summed E-state index contributed by atoms with van der Waals surface area (Å²) >= 11 is 0. The van der Waals surface area contributed by atoms with E-state index in [0.29, 0.717) is 22.7 Å². The molecule has 0 radical (unpaired) electrons. The molecule has 4 rings (SSSR count). The Bertz CT molecular complexity index is 1510. The Balaban J connectivity index is 1.57. The zero-order valence-electron chi connectivity index (χ0n) is 20.0. The van der Waals surface area contributed by atoms with Gasteiger partial charge in [-0.15, -0.1) is 0 Å². The van der Waals surface area contributed by atoms with Crippen LogP contribution in [0.4, 0.5) is 23.4 Å². The van der Waals surface area contributed by atoms with Gasteiger partial charge >= 0.3 is 6.18 Å². The highest BCUT2D eigenvalue weighted by atomic mass is 19.4. The first kappa shape index (κ1) is 26.3. The largest absolute Gasteiger partial charge is 0.484 e. The van der Waals surface area contributed by atoms with Crippen LogP contribution in [0.1, 0.15) is 22.8 Å². The van der Waals surface area contributed by atoms with Gasteiger partial charge in [-0.25, -0.2) is 18.9 Å². The van der Waals surface area contributed by atoms with Crippen molar-refractivity contribution >= 4 is 23.3 Å². The first-order chi connectivity index (χ1) is 18.0. The number of rotatable bonds is 8. The number of benzene rings is 1. The minimum Gasteiger partial charge on any atom is -0.484 e. The molecule has 3 aromatic heterocycles. The van der Waals surface area contributed by atoms with Gasteiger partial charge in [0.15, 0.2) is 18.1 Å². The topological polar surface area (TPSA) is 120 Å². The lowest BCUT2D eigenvalue weighted by atomic mass is 10.1. The number of aromatic nitrogens is 4. The molecule has 2 N–H and O–H groups in total. The van der Waals surface area contributed by atoms with Crippen molar-refractivity contribution in [2.24, 2.45) is 0 Å². The monoisotopic (exact) mass is 532 g/mol. The molecule has 0 spiro atoms. The molecular weight excluding hydrogens is 512 g/mol. The number of fused-ring (bicyclic) bond motifs is 1. The van der Waals surface area contributed by atoms with Crippen LogP contribution >= 0.6 is 0 Å². The summed E-state index contributed by atoms with van der Waals surface area (Å²) in [6, 6.07) is 8.15. The molecule has 0 aliphatic rings. The summed E-state index contributed by atoms with van der Waals surface area (Å²) in [6.45, 7) is -0.726. The molecule has 0 aliphatic carbocycles. The number of carbonyl (C=O) groups is 2. The maximum absolute atomic E-state index is 14.4. The SMILES string of the molecule is COc1ncc(-c2ccc3nc(NC(C)=O)cn3n2)cc1C(=O)NCc1c(F)cccc1OCC(F)(F)F. The lowest BCUT2D eigenvalue weighted by molar-refractivity contribution is -0.153. The standard InChI is InChI=1S/C24H20F4N6O4/c1-13(35)31-20-11-34-21(32-20)7-6-18(33-34)14-8-15(23(37-2)30-9-14)22(36)29-10-16-17(25)4-3-5-19(16)38-12-24(26,27)28/h3-9,11H,10,12H2,1-2H3,(H,29,36)(H,31,35). The van der Waals surface area contributed by atoms with Gasteiger partial charge in [-0.2, -0.15) is 18.3 Å². The maximum atomic E-state index is 14.4. The van der Waals surface area contributed by atoms with Gasteiger partial charge in [-0.3, -0.25) is 9.59 Å². The van der Waals surface area contributed by atoms with Gasteiger partial charge < -0.3 is 20.1 Å². The van der Waals surface area contributed by atoms with E-state index < -0.39 is 31.1 Å². The lowest BCUT2D eigenvalue weighted by Gasteiger charge is -2.15. The summed E-state index contributed by atoms with van der Waals surface area (Å²) in [5.41, 5.74) is 1.02. The van der Waals surface area contributed by atoms with E-state index in [4.69, 9.17) is 9.47 Å². The van der Waals surface area contributed by atoms with E-state index in [1.165, 1.54) is 49.1 Å². The molecule has 0 bridgehead atoms. The predicted octanol–water partition coefficient (Wildman–Crippen LogP) is 3.77. The molecule has 4 aromatic rings. The van der Waals surface area contributed by atoms with Crippen LogP contribution in [-0.4, -0.2) is 51.3 Å². The second-order valence-corrected chi connectivity index (χ2v) is 7.91. The highest BCUT2D eigenvalue weighted by molar-refractivity contribution is 5.97. The number of carbonyl (C=O) groups excluding carboxylic acids is 2. The van der Waals surface area contributed by atoms with E-state index >= 15 is 0 Å². The van der Waals surface area contributed by atoms with Crippen LogP contribution in [0.3, 0.4) is 0 Å². The summed E-state index contributed by atoms with van der Waals surface area (Å²) < 4.78 is 63.4. The van der Waals surface area contributed by atoms with Crippen LogP contribution in [0, 0.1) is 5.82 Å². The van der Waals surface area contributed by atoms with Crippen molar-refractivity contribution in [2.75, 3.05) is 19.0 Å². The van der Waals surface area contributed by atoms with Crippen LogP contribution < -0.4 is 20.1 Å². The quantitative estimate of drug-likeness (QED) is 0.332. The minimum atomic E-state index is -4.62. The molecule has 0 saturated heterocycles. The fourth-order valence-corrected chi connectivity index (χ4v) is 3.46. The number of hydrogen-bond acceptors (Lipinski definition) is 7. The number of ether oxygens (including phenoxy) is 2. The number of alkyl halides is 3. The number of nitrogens with one attached hydrogen (secondary N) is 2. The van der Waals surface area contributed by atoms with Crippen LogP contribution in [-0.2, 0) is 11.3 Å². The number of halogens is 4. The number of pyridine rings is 1. The Morgan fingerprint density at radius 1 is 1.16 bits per heavy atom. The molecule has 14 heteroatoms. The molecule has 38 heavy (non-hydrogen) atoms. The van der Waals surface area contributed by atoms with E-state index in [0.717, 1.165) is 6.07 Å². The third kappa shape index (κ3) is 6.14. The molecule has 1 aromatic carbocycles. The number of nitrogens with zero attached hydrogens (tertiary/aromatic N) is 4. The van der Waals surface area contributed by atoms with Crippen LogP contribution in [0.15, 0.2) is 48.8 Å². The van der Waals surface area contributed by atoms with Gasteiger partial charge in [0.1, 0.15) is 17.1 Å². The van der Waals surface area contributed by atoms with E-state index in [1.54, 1.807) is 12.1 Å². The lowest BCUT2D eigenvalue weighted by Crippen LogP contribution is -2.25. The molecule has 10 nitrogen and oxygen atoms in total. The highest BCUT2D eigenvalue weighted by Gasteiger charge is 2.29. The third-order valence-corrected chi connectivity index (χ3v) is 5.10. The van der Waals surface area contributed by atoms with Crippen molar-refractivity contribution in [1.82, 2.24) is 24.9 Å². The van der Waals surface area contributed by atoms with Crippen LogP contribution in [0.5, 0.6) is 11.6 Å². The number of methoxy groups -OCH3 is 1. The second-order valence-electron chi connectivity index (χ2n) is 7.91. The Kier molecular flexibility index (Phi) is 7.41. The maximum Gasteiger partial charge on any atom is 0.422 e. The van der Waals surface area contributed by atoms with Gasteiger partial charge in [0.05, 0.1) is 19.0 Å². The molecule has 0 aliphatic heterocycles. The summed E-state index contributed by atoms with van der Waals surface area (Å²) in [5.74, 6) is -1.94. The van der Waals surface area contributed by atoms with E-state index in [9.17, 15) is 27.2 Å². The molecule has 2 amide bonds. The van der Waals surface area contributed by atoms with E-state index in [1.807, 2.05) is 0 Å². The first-order valence-electron chi connectivity index (χ1n) is 11.0. The van der Waals surface area contributed by atoms with Crippen molar-refractivity contribution in [3.63, 3.8) is 0 Å². The van der Waals surface area contributed by atoms with Gasteiger partial charge in [0.2, 0.25) is 11.8 Å². The average Bonchev–Trinajstić information content (AvgIpc) is 3.26. The Hall–Kier alpha value is -4.75. The Morgan fingerprint density at radius 3 is 2.66 bits per heavy atom. The van der Waals surface area contributed by atoms with Crippen molar-refractivity contribution in [1.29, 1.82) is 0 Å². The Morgan fingerprint density at radius 2 is 1.95 bits per heavy atom. The summed E-state index contributed by atoms with van der Waals surface area (Å²) in [4.78, 5) is 32.6. The molecule has 0 atom stereocenters. The van der Waals surface area contributed by atoms with Crippen molar-refractivity contribution in [3.05, 3.63) is 65.7 Å². The van der Waals surface area contributed by atoms with Gasteiger partial charge in [0.25, 0.3) is 5.91 Å². The van der Waals surface area contributed by atoms with E-state index in [2.05, 4.69) is 25.7 Å². The van der Waals surface area contributed by atoms with Crippen molar-refractivity contribution < 1.29 is 36.6 Å². The third-order valence-electron chi connectivity index (χ3n) is 5.10. The molecular formula is C24H20F4N6O4. The zero-order valence-corrected chi connectivity index (χ0v) is 20.0. The number of amides is 2. The van der Waals surface area contributed by atoms with Gasteiger partial charge in [-0.05, 0) is 30.3 Å². The number of hydrogen-bond donors (Lipinski definition) is 2. The normalized spacial score (nSPS) is 11.3. The number of imidazole rings is 1. The minimum absolute atomic E-state index is 0.0226. The van der Waals surface area contributed by atoms with Gasteiger partial charge in [-0.1, -0.05) is 6.07 Å². The number of anilines is 1. The van der Waals surface area contributed by atoms with Crippen molar-refractivity contribution in [2.45, 2.75) is 19.6 Å². The first-order valence-corrected chi connectivity index (χ1v) is 11.0. The van der Waals surface area contributed by atoms with Crippen molar-refractivity contribution in [3.8, 4) is 22.9 Å². The van der Waals surface area contributed by atoms with Crippen LogP contribution in [0.25, 0.3) is 16.9 Å². The predicted molar refractivity (Wildman–Crippen MR) is 126 cm³/mol. The molecule has 3 heterocycles. The zero-order chi connectivity index (χ0) is 27.4. The average molecular weight is 532 g/mol. The second kappa shape index (κ2) is 10.7. The molecule has 0 unspecified atom stereocenters. The molecule has 198 valence electrons. The fourth-order valence-electron chi connectivity index (χ4n) is 3.46. The van der Waals surface area contributed by atoms with E-state index in [-0.39, 0.29) is 28.7 Å². The van der Waals surface area contributed by atoms with Crippen LogP contribution in [0.2, 0.25) is 0 Å². The highest BCUT2D eigenvalue weighted by Crippen LogP contribution is 2.26. The fraction of sp³-hybridized carbons (Fsp3) is 0.208. The summed E-state index contributed by atoms with van der Waals surface area (Å²) in [7, 11) is 1.30. The Labute approximate surface area is 212 Å². The summed E-state index contributed by atoms with van der Waals surface area (Å²) in [6.07, 6.45) is -1.68.